The highest BCUT2D eigenvalue weighted by molar-refractivity contribution is 8.26. The van der Waals surface area contributed by atoms with Crippen molar-refractivity contribution in [3.8, 4) is 5.69 Å². The number of carbonyl (C=O) groups excluding carboxylic acids is 1. The van der Waals surface area contributed by atoms with Crippen molar-refractivity contribution in [1.82, 2.24) is 9.47 Å². The number of hydrogen-bond donors (Lipinski definition) is 1. The number of aliphatic carboxylic acids is 1. The van der Waals surface area contributed by atoms with Crippen molar-refractivity contribution >= 4 is 64.2 Å². The molecule has 1 saturated heterocycles. The minimum absolute atomic E-state index is 0.00227. The molecule has 0 unspecified atom stereocenters. The molecule has 30 heavy (non-hydrogen) atoms. The van der Waals surface area contributed by atoms with E-state index in [1.165, 1.54) is 16.7 Å². The Balaban J connectivity index is 1.85. The van der Waals surface area contributed by atoms with Crippen LogP contribution in [0.25, 0.3) is 11.8 Å². The van der Waals surface area contributed by atoms with Crippen molar-refractivity contribution in [3.05, 3.63) is 57.7 Å². The molecular formula is C21H21N3O3S3. The van der Waals surface area contributed by atoms with Crippen LogP contribution in [0, 0.1) is 4.64 Å². The molecule has 2 aromatic rings. The summed E-state index contributed by atoms with van der Waals surface area (Å²) in [6.45, 7) is 0.294. The van der Waals surface area contributed by atoms with Gasteiger partial charge in [-0.15, -0.1) is 0 Å². The monoisotopic (exact) mass is 459 g/mol. The van der Waals surface area contributed by atoms with Crippen LogP contribution in [0.1, 0.15) is 18.4 Å². The largest absolute Gasteiger partial charge is 0.481 e. The van der Waals surface area contributed by atoms with E-state index < -0.39 is 5.97 Å². The lowest BCUT2D eigenvalue weighted by Crippen LogP contribution is -2.29. The highest BCUT2D eigenvalue weighted by Gasteiger charge is 2.31. The minimum atomic E-state index is -0.890. The summed E-state index contributed by atoms with van der Waals surface area (Å²) >= 11 is 12.2. The number of carbonyl (C=O) groups is 2. The Bertz CT molecular complexity index is 1070. The van der Waals surface area contributed by atoms with E-state index in [1.54, 1.807) is 6.08 Å². The number of benzene rings is 1. The Kier molecular flexibility index (Phi) is 7.06. The summed E-state index contributed by atoms with van der Waals surface area (Å²) in [5, 5.41) is 8.79. The van der Waals surface area contributed by atoms with E-state index in [2.05, 4.69) is 0 Å². The average Bonchev–Trinajstić information content (AvgIpc) is 2.97. The van der Waals surface area contributed by atoms with Crippen LogP contribution in [0.4, 0.5) is 5.69 Å². The summed E-state index contributed by atoms with van der Waals surface area (Å²) < 4.78 is 2.92. The molecule has 156 valence electrons. The van der Waals surface area contributed by atoms with Crippen LogP contribution in [0.2, 0.25) is 0 Å². The number of nitrogens with zero attached hydrogens (tertiary/aromatic N) is 3. The van der Waals surface area contributed by atoms with Gasteiger partial charge in [-0.05, 0) is 42.8 Å². The number of rotatable bonds is 7. The third-order valence-corrected chi connectivity index (χ3v) is 6.36. The number of amides is 1. The Morgan fingerprint density at radius 3 is 2.53 bits per heavy atom. The summed E-state index contributed by atoms with van der Waals surface area (Å²) in [6.07, 6.45) is 4.00. The maximum atomic E-state index is 12.7. The highest BCUT2D eigenvalue weighted by atomic mass is 32.2. The van der Waals surface area contributed by atoms with E-state index in [1.807, 2.05) is 66.2 Å². The molecule has 1 aliphatic heterocycles. The standard InChI is InChI=1S/C21H21N3O3S3/c1-22(2)15-7-9-16(10-8-15)23-11-3-5-14(20(23)28)13-17-19(27)24(21(29)30-17)12-4-6-18(25)26/h3,5,7-11,13H,4,6,12H2,1-2H3,(H,25,26)/b17-13-. The fraction of sp³-hybridized carbons (Fsp3) is 0.238. The van der Waals surface area contributed by atoms with E-state index in [9.17, 15) is 9.59 Å². The van der Waals surface area contributed by atoms with Gasteiger partial charge in [-0.2, -0.15) is 0 Å². The lowest BCUT2D eigenvalue weighted by atomic mass is 10.2. The molecule has 9 heteroatoms. The van der Waals surface area contributed by atoms with Crippen LogP contribution in [0.15, 0.2) is 47.5 Å². The summed E-state index contributed by atoms with van der Waals surface area (Å²) in [4.78, 5) is 27.4. The zero-order valence-electron chi connectivity index (χ0n) is 16.6. The molecule has 3 rings (SSSR count). The van der Waals surface area contributed by atoms with E-state index in [0.717, 1.165) is 16.9 Å². The smallest absolute Gasteiger partial charge is 0.303 e. The van der Waals surface area contributed by atoms with Gasteiger partial charge in [0, 0.05) is 50.2 Å². The Morgan fingerprint density at radius 1 is 1.20 bits per heavy atom. The van der Waals surface area contributed by atoms with E-state index in [-0.39, 0.29) is 12.3 Å². The van der Waals surface area contributed by atoms with Gasteiger partial charge in [0.1, 0.15) is 8.96 Å². The molecule has 0 saturated carbocycles. The number of aromatic nitrogens is 1. The molecule has 2 heterocycles. The molecule has 6 nitrogen and oxygen atoms in total. The molecule has 0 spiro atoms. The van der Waals surface area contributed by atoms with Crippen molar-refractivity contribution in [2.75, 3.05) is 25.5 Å². The highest BCUT2D eigenvalue weighted by Crippen LogP contribution is 2.33. The summed E-state index contributed by atoms with van der Waals surface area (Å²) in [6, 6.07) is 11.8. The molecule has 1 fully saturated rings. The first-order valence-corrected chi connectivity index (χ1v) is 10.9. The maximum absolute atomic E-state index is 12.7. The fourth-order valence-corrected chi connectivity index (χ4v) is 4.55. The average molecular weight is 460 g/mol. The van der Waals surface area contributed by atoms with Crippen LogP contribution in [0.3, 0.4) is 0 Å². The van der Waals surface area contributed by atoms with Crippen molar-refractivity contribution in [3.63, 3.8) is 0 Å². The lowest BCUT2D eigenvalue weighted by molar-refractivity contribution is -0.137. The van der Waals surface area contributed by atoms with Gasteiger partial charge >= 0.3 is 5.97 Å². The summed E-state index contributed by atoms with van der Waals surface area (Å²) in [5.41, 5.74) is 2.77. The second kappa shape index (κ2) is 9.55. The lowest BCUT2D eigenvalue weighted by Gasteiger charge is -2.14. The van der Waals surface area contributed by atoms with E-state index >= 15 is 0 Å². The second-order valence-corrected chi connectivity index (χ2v) is 8.94. The Morgan fingerprint density at radius 2 is 1.90 bits per heavy atom. The SMILES string of the molecule is CN(C)c1ccc(-n2cccc(/C=C3\SC(=S)N(CCCC(=O)O)C3=O)c2=S)cc1. The predicted octanol–water partition coefficient (Wildman–Crippen LogP) is 4.34. The quantitative estimate of drug-likeness (QED) is 0.488. The first kappa shape index (κ1) is 22.2. The van der Waals surface area contributed by atoms with E-state index in [4.69, 9.17) is 29.5 Å². The molecule has 0 aliphatic carbocycles. The van der Waals surface area contributed by atoms with Crippen LogP contribution in [-0.2, 0) is 9.59 Å². The van der Waals surface area contributed by atoms with Crippen LogP contribution >= 0.6 is 36.2 Å². The number of hydrogen-bond acceptors (Lipinski definition) is 6. The first-order valence-electron chi connectivity index (χ1n) is 9.24. The molecule has 0 atom stereocenters. The van der Waals surface area contributed by atoms with Gasteiger partial charge in [-0.3, -0.25) is 14.5 Å². The predicted molar refractivity (Wildman–Crippen MR) is 128 cm³/mol. The maximum Gasteiger partial charge on any atom is 0.303 e. The van der Waals surface area contributed by atoms with Crippen LogP contribution < -0.4 is 4.90 Å². The van der Waals surface area contributed by atoms with Gasteiger partial charge in [0.2, 0.25) is 0 Å². The number of thioether (sulfide) groups is 1. The minimum Gasteiger partial charge on any atom is -0.481 e. The molecule has 1 amide bonds. The summed E-state index contributed by atoms with van der Waals surface area (Å²) in [7, 11) is 3.97. The normalized spacial score (nSPS) is 15.1. The number of carboxylic acids is 1. The molecule has 1 aromatic heterocycles. The van der Waals surface area contributed by atoms with Crippen molar-refractivity contribution in [2.24, 2.45) is 0 Å². The van der Waals surface area contributed by atoms with Crippen molar-refractivity contribution in [2.45, 2.75) is 12.8 Å². The van der Waals surface area contributed by atoms with E-state index in [0.29, 0.717) is 26.8 Å². The molecule has 1 aromatic carbocycles. The summed E-state index contributed by atoms with van der Waals surface area (Å²) in [5.74, 6) is -1.10. The van der Waals surface area contributed by atoms with Crippen molar-refractivity contribution < 1.29 is 14.7 Å². The third kappa shape index (κ3) is 4.97. The van der Waals surface area contributed by atoms with Gasteiger partial charge < -0.3 is 14.6 Å². The topological polar surface area (TPSA) is 65.8 Å². The fourth-order valence-electron chi connectivity index (χ4n) is 2.96. The molecule has 0 bridgehead atoms. The number of carboxylic acid groups (broad SMARTS) is 1. The van der Waals surface area contributed by atoms with Gasteiger partial charge in [0.15, 0.2) is 0 Å². The third-order valence-electron chi connectivity index (χ3n) is 4.55. The number of anilines is 1. The first-order chi connectivity index (χ1) is 14.3. The van der Waals surface area contributed by atoms with Crippen molar-refractivity contribution in [1.29, 1.82) is 0 Å². The molecule has 1 N–H and O–H groups in total. The zero-order chi connectivity index (χ0) is 21.8. The zero-order valence-corrected chi connectivity index (χ0v) is 19.0. The Hall–Kier alpha value is -2.49. The van der Waals surface area contributed by atoms with Gasteiger partial charge in [0.25, 0.3) is 5.91 Å². The molecular weight excluding hydrogens is 438 g/mol. The molecule has 1 aliphatic rings. The van der Waals surface area contributed by atoms with Gasteiger partial charge in [-0.1, -0.05) is 42.3 Å². The molecule has 0 radical (unpaired) electrons. The number of pyridine rings is 1. The van der Waals surface area contributed by atoms with Crippen LogP contribution in [-0.4, -0.2) is 51.4 Å². The number of thiocarbonyl (C=S) groups is 1. The van der Waals surface area contributed by atoms with Gasteiger partial charge in [-0.25, -0.2) is 0 Å². The van der Waals surface area contributed by atoms with Crippen LogP contribution in [0.5, 0.6) is 0 Å². The Labute approximate surface area is 189 Å². The second-order valence-electron chi connectivity index (χ2n) is 6.88. The van der Waals surface area contributed by atoms with Gasteiger partial charge in [0.05, 0.1) is 4.91 Å².